The number of nitrogens with zero attached hydrogens (tertiary/aromatic N) is 2. The van der Waals surface area contributed by atoms with E-state index in [1.165, 1.54) is 117 Å². The van der Waals surface area contributed by atoms with Gasteiger partial charge in [0.15, 0.2) is 0 Å². The van der Waals surface area contributed by atoms with Crippen molar-refractivity contribution in [3.8, 4) is 22.3 Å². The normalized spacial score (nSPS) is 15.9. The Morgan fingerprint density at radius 2 is 1.05 bits per heavy atom. The van der Waals surface area contributed by atoms with Crippen molar-refractivity contribution in [3.63, 3.8) is 0 Å². The van der Waals surface area contributed by atoms with Crippen LogP contribution in [0.3, 0.4) is 0 Å². The quantitative estimate of drug-likeness (QED) is 0.163. The summed E-state index contributed by atoms with van der Waals surface area (Å²) in [7, 11) is 0. The molecule has 7 aromatic carbocycles. The molecule has 61 heavy (non-hydrogen) atoms. The van der Waals surface area contributed by atoms with E-state index in [4.69, 9.17) is 0 Å². The molecule has 11 rings (SSSR count). The molecule has 1 aromatic heterocycles. The van der Waals surface area contributed by atoms with E-state index in [0.717, 1.165) is 0 Å². The van der Waals surface area contributed by atoms with Crippen LogP contribution in [0.25, 0.3) is 32.3 Å². The van der Waals surface area contributed by atoms with E-state index in [0.29, 0.717) is 0 Å². The number of hydrogen-bond acceptors (Lipinski definition) is 3. The van der Waals surface area contributed by atoms with E-state index >= 15 is 0 Å². The standard InChI is InChI=1S/C57H53BN2S/c1-36-31-49-52-50(32-36)60(43-26-21-40(22-27-43)38-17-13-10-14-18-38)53-44-33-41(55(2,3)4)23-28-51(44)61-54(53)58(52)47-34-45-46(57(7,8)30-29-56(45,5)6)35-48(47)59(49)42-24-19-39(20-25-42)37-15-11-9-12-16-37/h9-28,31-35H,29-30H2,1-8H3. The number of anilines is 6. The maximum absolute atomic E-state index is 2.66. The Morgan fingerprint density at radius 1 is 0.541 bits per heavy atom. The summed E-state index contributed by atoms with van der Waals surface area (Å²) in [4.78, 5) is 5.22. The predicted octanol–water partition coefficient (Wildman–Crippen LogP) is 14.3. The summed E-state index contributed by atoms with van der Waals surface area (Å²) >= 11 is 2.00. The minimum Gasteiger partial charge on any atom is -0.311 e. The molecule has 1 aliphatic carbocycles. The first kappa shape index (κ1) is 38.1. The molecule has 0 bridgehead atoms. The molecule has 0 saturated carbocycles. The van der Waals surface area contributed by atoms with Gasteiger partial charge in [-0.25, -0.2) is 0 Å². The molecule has 2 nitrogen and oxygen atoms in total. The second kappa shape index (κ2) is 13.6. The Bertz CT molecular complexity index is 3010. The van der Waals surface area contributed by atoms with Crippen molar-refractivity contribution in [2.24, 2.45) is 0 Å². The molecule has 3 heterocycles. The minimum atomic E-state index is 0.0208. The summed E-state index contributed by atoms with van der Waals surface area (Å²) < 4.78 is 2.77. The van der Waals surface area contributed by atoms with Gasteiger partial charge in [0.25, 0.3) is 6.71 Å². The second-order valence-electron chi connectivity index (χ2n) is 20.1. The lowest BCUT2D eigenvalue weighted by atomic mass is 9.35. The first-order valence-corrected chi connectivity index (χ1v) is 22.9. The molecule has 0 atom stereocenters. The van der Waals surface area contributed by atoms with Crippen LogP contribution in [0.2, 0.25) is 0 Å². The molecule has 0 saturated heterocycles. The molecule has 300 valence electrons. The highest BCUT2D eigenvalue weighted by atomic mass is 32.1. The number of thiophene rings is 1. The van der Waals surface area contributed by atoms with Gasteiger partial charge in [-0.2, -0.15) is 0 Å². The minimum absolute atomic E-state index is 0.0208. The zero-order chi connectivity index (χ0) is 42.0. The van der Waals surface area contributed by atoms with Crippen molar-refractivity contribution in [1.29, 1.82) is 0 Å². The molecule has 8 aromatic rings. The van der Waals surface area contributed by atoms with Gasteiger partial charge in [-0.1, -0.05) is 146 Å². The number of rotatable bonds is 4. The molecule has 3 aliphatic rings. The molecule has 0 radical (unpaired) electrons. The highest BCUT2D eigenvalue weighted by molar-refractivity contribution is 7.33. The van der Waals surface area contributed by atoms with Gasteiger partial charge in [0, 0.05) is 43.3 Å². The summed E-state index contributed by atoms with van der Waals surface area (Å²) in [6, 6.07) is 57.6. The Hall–Kier alpha value is -5.84. The number of hydrogen-bond donors (Lipinski definition) is 0. The van der Waals surface area contributed by atoms with E-state index in [1.807, 2.05) is 11.3 Å². The van der Waals surface area contributed by atoms with Crippen molar-refractivity contribution in [2.75, 3.05) is 9.80 Å². The molecule has 0 amide bonds. The summed E-state index contributed by atoms with van der Waals surface area (Å²) in [5.74, 6) is 0. The summed E-state index contributed by atoms with van der Waals surface area (Å²) in [6.45, 7) is 19.2. The van der Waals surface area contributed by atoms with Crippen LogP contribution in [0.15, 0.2) is 152 Å². The van der Waals surface area contributed by atoms with E-state index < -0.39 is 0 Å². The summed E-state index contributed by atoms with van der Waals surface area (Å²) in [5.41, 5.74) is 21.1. The molecule has 4 heteroatoms. The Balaban J connectivity index is 1.21. The first-order chi connectivity index (χ1) is 29.3. The maximum Gasteiger partial charge on any atom is 0.264 e. The first-order valence-electron chi connectivity index (χ1n) is 22.1. The van der Waals surface area contributed by atoms with Crippen molar-refractivity contribution in [3.05, 3.63) is 174 Å². The van der Waals surface area contributed by atoms with Crippen molar-refractivity contribution < 1.29 is 0 Å². The van der Waals surface area contributed by atoms with Crippen LogP contribution in [-0.4, -0.2) is 6.71 Å². The topological polar surface area (TPSA) is 6.48 Å². The molecular weight excluding hydrogens is 756 g/mol. The van der Waals surface area contributed by atoms with Crippen molar-refractivity contribution in [1.82, 2.24) is 0 Å². The van der Waals surface area contributed by atoms with E-state index in [2.05, 4.69) is 217 Å². The third kappa shape index (κ3) is 6.04. The van der Waals surface area contributed by atoms with Gasteiger partial charge in [0.1, 0.15) is 0 Å². The van der Waals surface area contributed by atoms with E-state index in [9.17, 15) is 0 Å². The van der Waals surface area contributed by atoms with Gasteiger partial charge >= 0.3 is 0 Å². The van der Waals surface area contributed by atoms with Gasteiger partial charge in [-0.05, 0) is 146 Å². The van der Waals surface area contributed by atoms with E-state index in [-0.39, 0.29) is 23.0 Å². The average molecular weight is 809 g/mol. The Morgan fingerprint density at radius 3 is 1.61 bits per heavy atom. The monoisotopic (exact) mass is 808 g/mol. The van der Waals surface area contributed by atoms with Gasteiger partial charge in [-0.15, -0.1) is 11.3 Å². The van der Waals surface area contributed by atoms with Crippen LogP contribution in [0, 0.1) is 6.92 Å². The van der Waals surface area contributed by atoms with Crippen molar-refractivity contribution >= 4 is 78.0 Å². The highest BCUT2D eigenvalue weighted by Gasteiger charge is 2.48. The Labute approximate surface area is 366 Å². The second-order valence-corrected chi connectivity index (χ2v) is 21.2. The van der Waals surface area contributed by atoms with Crippen molar-refractivity contribution in [2.45, 2.75) is 84.5 Å². The fraction of sp³-hybridized carbons (Fsp3) is 0.228. The third-order valence-corrected chi connectivity index (χ3v) is 15.3. The molecule has 0 unspecified atom stereocenters. The van der Waals surface area contributed by atoms with E-state index in [1.54, 1.807) is 0 Å². The Kier molecular flexibility index (Phi) is 8.49. The largest absolute Gasteiger partial charge is 0.311 e. The summed E-state index contributed by atoms with van der Waals surface area (Å²) in [6.07, 6.45) is 2.36. The fourth-order valence-electron chi connectivity index (χ4n) is 10.6. The van der Waals surface area contributed by atoms with Crippen LogP contribution in [0.5, 0.6) is 0 Å². The average Bonchev–Trinajstić information content (AvgIpc) is 3.64. The van der Waals surface area contributed by atoms with Gasteiger partial charge < -0.3 is 9.80 Å². The molecule has 0 N–H and O–H groups in total. The number of fused-ring (bicyclic) bond motifs is 7. The molecule has 0 fully saturated rings. The predicted molar refractivity (Wildman–Crippen MR) is 265 cm³/mol. The molecule has 2 aliphatic heterocycles. The lowest BCUT2D eigenvalue weighted by Gasteiger charge is -2.47. The van der Waals surface area contributed by atoms with Crippen LogP contribution >= 0.6 is 11.3 Å². The third-order valence-electron chi connectivity index (χ3n) is 14.1. The van der Waals surface area contributed by atoms with Gasteiger partial charge in [0.05, 0.1) is 5.69 Å². The summed E-state index contributed by atoms with van der Waals surface area (Å²) in [5, 5.41) is 1.34. The SMILES string of the molecule is Cc1cc2c3c(c1)N(c1ccc(-c4ccccc4)cc1)c1c(sc4ccc(C(C)(C)C)cc14)B3c1cc3c(cc1N2c1ccc(-c2ccccc2)cc1)C(C)(C)CCC3(C)C. The van der Waals surface area contributed by atoms with Crippen LogP contribution < -0.4 is 25.5 Å². The molecular formula is C57H53BN2S. The zero-order valence-corrected chi connectivity index (χ0v) is 37.5. The fourth-order valence-corrected chi connectivity index (χ4v) is 11.9. The smallest absolute Gasteiger partial charge is 0.264 e. The molecule has 0 spiro atoms. The highest BCUT2D eigenvalue weighted by Crippen LogP contribution is 2.52. The number of benzene rings is 7. The van der Waals surface area contributed by atoms with Crippen LogP contribution in [0.1, 0.15) is 83.6 Å². The lowest BCUT2D eigenvalue weighted by molar-refractivity contribution is 0.332. The maximum atomic E-state index is 2.66. The van der Waals surface area contributed by atoms with Gasteiger partial charge in [0.2, 0.25) is 0 Å². The lowest BCUT2D eigenvalue weighted by Crippen LogP contribution is -2.61. The van der Waals surface area contributed by atoms with Crippen LogP contribution in [-0.2, 0) is 16.2 Å². The van der Waals surface area contributed by atoms with Gasteiger partial charge in [-0.3, -0.25) is 0 Å². The zero-order valence-electron chi connectivity index (χ0n) is 36.7. The van der Waals surface area contributed by atoms with Crippen LogP contribution in [0.4, 0.5) is 34.1 Å². The number of aryl methyl sites for hydroxylation is 1.